The van der Waals surface area contributed by atoms with Crippen LogP contribution in [0.25, 0.3) is 10.9 Å². The van der Waals surface area contributed by atoms with E-state index in [1.54, 1.807) is 0 Å². The van der Waals surface area contributed by atoms with Crippen molar-refractivity contribution in [2.75, 3.05) is 37.6 Å². The van der Waals surface area contributed by atoms with E-state index >= 15 is 0 Å². The molecule has 10 nitrogen and oxygen atoms in total. The molecule has 0 aliphatic carbocycles. The number of amides is 3. The number of anilines is 1. The Bertz CT molecular complexity index is 1220. The molecular weight excluding hydrogens is 496 g/mol. The average Bonchev–Trinajstić information content (AvgIpc) is 3.22. The van der Waals surface area contributed by atoms with Gasteiger partial charge in [0.15, 0.2) is 0 Å². The average molecular weight is 539 g/mol. The highest BCUT2D eigenvalue weighted by Crippen LogP contribution is 2.33. The third-order valence-corrected chi connectivity index (χ3v) is 8.36. The monoisotopic (exact) mass is 538 g/mol. The van der Waals surface area contributed by atoms with Gasteiger partial charge in [-0.05, 0) is 90.1 Å². The van der Waals surface area contributed by atoms with E-state index in [9.17, 15) is 14.4 Å². The van der Waals surface area contributed by atoms with Gasteiger partial charge >= 0.3 is 6.09 Å². The summed E-state index contributed by atoms with van der Waals surface area (Å²) in [5.74, 6) is -0.336. The highest BCUT2D eigenvalue weighted by Gasteiger charge is 2.32. The van der Waals surface area contributed by atoms with Gasteiger partial charge in [-0.2, -0.15) is 5.10 Å². The van der Waals surface area contributed by atoms with Crippen LogP contribution < -0.4 is 15.5 Å². The highest BCUT2D eigenvalue weighted by atomic mass is 16.6. The predicted octanol–water partition coefficient (Wildman–Crippen LogP) is 3.30. The summed E-state index contributed by atoms with van der Waals surface area (Å²) >= 11 is 0. The molecule has 0 spiro atoms. The second-order valence-electron chi connectivity index (χ2n) is 12.3. The van der Waals surface area contributed by atoms with Crippen molar-refractivity contribution in [1.29, 1.82) is 0 Å². The number of likely N-dealkylation sites (tertiary alicyclic amines) is 1. The van der Waals surface area contributed by atoms with E-state index in [-0.39, 0.29) is 23.8 Å². The second-order valence-corrected chi connectivity index (χ2v) is 12.3. The van der Waals surface area contributed by atoms with E-state index in [0.29, 0.717) is 31.3 Å². The van der Waals surface area contributed by atoms with Crippen molar-refractivity contribution < 1.29 is 19.1 Å². The summed E-state index contributed by atoms with van der Waals surface area (Å²) in [6, 6.07) is 7.00. The Morgan fingerprint density at radius 2 is 1.79 bits per heavy atom. The minimum atomic E-state index is -0.468. The molecule has 10 heteroatoms. The largest absolute Gasteiger partial charge is 0.444 e. The number of alkyl carbamates (subject to hydrolysis) is 1. The van der Waals surface area contributed by atoms with E-state index in [2.05, 4.69) is 43.7 Å². The summed E-state index contributed by atoms with van der Waals surface area (Å²) in [5.41, 5.74) is 2.49. The van der Waals surface area contributed by atoms with Gasteiger partial charge in [0.1, 0.15) is 5.60 Å². The number of aryl methyl sites for hydroxylation is 1. The maximum Gasteiger partial charge on any atom is 0.407 e. The quantitative estimate of drug-likeness (QED) is 0.563. The van der Waals surface area contributed by atoms with Crippen LogP contribution in [0.3, 0.4) is 0 Å². The van der Waals surface area contributed by atoms with Crippen LogP contribution in [-0.2, 0) is 21.4 Å². The Hall–Kier alpha value is -3.14. The normalized spacial score (nSPS) is 22.3. The number of carbonyl (C=O) groups excluding carboxylic acids is 3. The third kappa shape index (κ3) is 6.37. The minimum absolute atomic E-state index is 0.207. The molecule has 1 unspecified atom stereocenters. The van der Waals surface area contributed by atoms with E-state index in [0.717, 1.165) is 68.5 Å². The van der Waals surface area contributed by atoms with Gasteiger partial charge in [-0.25, -0.2) is 4.79 Å². The van der Waals surface area contributed by atoms with Crippen LogP contribution in [0.5, 0.6) is 0 Å². The van der Waals surface area contributed by atoms with E-state index in [4.69, 9.17) is 4.74 Å². The zero-order valence-electron chi connectivity index (χ0n) is 23.7. The lowest BCUT2D eigenvalue weighted by atomic mass is 9.92. The molecule has 0 bridgehead atoms. The fraction of sp³-hybridized carbons (Fsp3) is 0.655. The Morgan fingerprint density at radius 3 is 2.46 bits per heavy atom. The van der Waals surface area contributed by atoms with Crippen molar-refractivity contribution in [1.82, 2.24) is 25.3 Å². The van der Waals surface area contributed by atoms with Gasteiger partial charge in [-0.15, -0.1) is 0 Å². The molecule has 212 valence electrons. The number of imide groups is 1. The highest BCUT2D eigenvalue weighted by molar-refractivity contribution is 6.02. The van der Waals surface area contributed by atoms with Crippen LogP contribution in [0.2, 0.25) is 0 Å². The van der Waals surface area contributed by atoms with Gasteiger partial charge in [0.25, 0.3) is 0 Å². The maximum atomic E-state index is 12.4. The topological polar surface area (TPSA) is 109 Å². The van der Waals surface area contributed by atoms with Gasteiger partial charge in [0.2, 0.25) is 11.8 Å². The molecule has 3 saturated heterocycles. The summed E-state index contributed by atoms with van der Waals surface area (Å²) in [7, 11) is 1.92. The number of hydrogen-bond acceptors (Lipinski definition) is 7. The van der Waals surface area contributed by atoms with E-state index < -0.39 is 5.60 Å². The zero-order chi connectivity index (χ0) is 27.7. The smallest absolute Gasteiger partial charge is 0.407 e. The molecule has 0 radical (unpaired) electrons. The van der Waals surface area contributed by atoms with Gasteiger partial charge in [-0.3, -0.25) is 19.6 Å². The predicted molar refractivity (Wildman–Crippen MR) is 150 cm³/mol. The molecular formula is C29H42N6O4. The number of hydrogen-bond donors (Lipinski definition) is 2. The van der Waals surface area contributed by atoms with Gasteiger partial charge in [0.05, 0.1) is 17.1 Å². The summed E-state index contributed by atoms with van der Waals surface area (Å²) in [4.78, 5) is 41.1. The number of ether oxygens (including phenoxy) is 1. The first-order valence-corrected chi connectivity index (χ1v) is 14.3. The Morgan fingerprint density at radius 1 is 1.08 bits per heavy atom. The zero-order valence-corrected chi connectivity index (χ0v) is 23.7. The van der Waals surface area contributed by atoms with Crippen LogP contribution in [0.1, 0.15) is 70.9 Å². The SMILES string of the molecule is Cn1nc(C2CCC(=O)NC2=O)c2ccc(N3CCC(N4CCC(CNC(=O)OC(C)(C)C)CC4)CC3)cc21. The summed E-state index contributed by atoms with van der Waals surface area (Å²) < 4.78 is 7.21. The van der Waals surface area contributed by atoms with Crippen LogP contribution in [0, 0.1) is 5.92 Å². The summed E-state index contributed by atoms with van der Waals surface area (Å²) in [6.07, 6.45) is 4.99. The third-order valence-electron chi connectivity index (χ3n) is 8.36. The second kappa shape index (κ2) is 11.2. The Labute approximate surface area is 230 Å². The number of benzene rings is 1. The lowest BCUT2D eigenvalue weighted by Gasteiger charge is -2.42. The molecule has 3 aliphatic rings. The van der Waals surface area contributed by atoms with Gasteiger partial charge in [0, 0.05) is 50.2 Å². The summed E-state index contributed by atoms with van der Waals surface area (Å²) in [6.45, 7) is 10.5. The lowest BCUT2D eigenvalue weighted by Crippen LogP contribution is -2.48. The number of carbonyl (C=O) groups is 3. The maximum absolute atomic E-state index is 12.4. The van der Waals surface area contributed by atoms with Crippen LogP contribution >= 0.6 is 0 Å². The number of aromatic nitrogens is 2. The molecule has 3 fully saturated rings. The molecule has 4 heterocycles. The molecule has 3 amide bonds. The van der Waals surface area contributed by atoms with Crippen molar-refractivity contribution in [3.05, 3.63) is 23.9 Å². The fourth-order valence-corrected chi connectivity index (χ4v) is 6.24. The molecule has 39 heavy (non-hydrogen) atoms. The molecule has 2 N–H and O–H groups in total. The molecule has 2 aromatic rings. The number of fused-ring (bicyclic) bond motifs is 1. The lowest BCUT2D eigenvalue weighted by molar-refractivity contribution is -0.134. The molecule has 1 atom stereocenters. The Kier molecular flexibility index (Phi) is 7.84. The first kappa shape index (κ1) is 27.4. The summed E-state index contributed by atoms with van der Waals surface area (Å²) in [5, 5.41) is 11.1. The van der Waals surface area contributed by atoms with Crippen molar-refractivity contribution in [2.24, 2.45) is 13.0 Å². The number of rotatable bonds is 5. The van der Waals surface area contributed by atoms with Gasteiger partial charge < -0.3 is 19.9 Å². The van der Waals surface area contributed by atoms with Crippen molar-refractivity contribution in [3.63, 3.8) is 0 Å². The first-order valence-electron chi connectivity index (χ1n) is 14.3. The first-order chi connectivity index (χ1) is 18.6. The molecule has 0 saturated carbocycles. The minimum Gasteiger partial charge on any atom is -0.444 e. The number of nitrogens with one attached hydrogen (secondary N) is 2. The van der Waals surface area contributed by atoms with E-state index in [1.165, 1.54) is 5.69 Å². The van der Waals surface area contributed by atoms with Crippen LogP contribution in [-0.4, -0.2) is 77.0 Å². The molecule has 5 rings (SSSR count). The van der Waals surface area contributed by atoms with E-state index in [1.807, 2.05) is 32.5 Å². The number of piperidine rings is 3. The van der Waals surface area contributed by atoms with Crippen molar-refractivity contribution >= 4 is 34.5 Å². The standard InChI is InChI=1S/C29H42N6O4/c1-29(2,3)39-28(38)30-18-19-9-13-34(14-10-19)20-11-15-35(16-12-20)21-5-6-22-24(17-21)33(4)32-26(22)23-7-8-25(36)31-27(23)37/h5-6,17,19-20,23H,7-16,18H2,1-4H3,(H,30,38)(H,31,36,37). The number of nitrogens with zero attached hydrogens (tertiary/aromatic N) is 4. The van der Waals surface area contributed by atoms with Crippen molar-refractivity contribution in [3.8, 4) is 0 Å². The van der Waals surface area contributed by atoms with Crippen LogP contribution in [0.4, 0.5) is 10.5 Å². The fourth-order valence-electron chi connectivity index (χ4n) is 6.24. The van der Waals surface area contributed by atoms with Gasteiger partial charge in [-0.1, -0.05) is 0 Å². The molecule has 3 aliphatic heterocycles. The Balaban J connectivity index is 1.13. The van der Waals surface area contributed by atoms with Crippen molar-refractivity contribution in [2.45, 2.75) is 76.9 Å². The van der Waals surface area contributed by atoms with Crippen LogP contribution in [0.15, 0.2) is 18.2 Å². The molecule has 1 aromatic carbocycles. The molecule has 1 aromatic heterocycles.